The topological polar surface area (TPSA) is 50.2 Å². The Labute approximate surface area is 83.8 Å². The lowest BCUT2D eigenvalue weighted by Gasteiger charge is -2.29. The van der Waals surface area contributed by atoms with Crippen molar-refractivity contribution in [1.82, 2.24) is 4.98 Å². The van der Waals surface area contributed by atoms with Crippen LogP contribution in [0.3, 0.4) is 0 Å². The van der Waals surface area contributed by atoms with Crippen LogP contribution in [0.2, 0.25) is 0 Å². The van der Waals surface area contributed by atoms with Crippen LogP contribution in [0.25, 0.3) is 0 Å². The molecule has 3 heteroatoms. The van der Waals surface area contributed by atoms with Gasteiger partial charge in [-0.25, -0.2) is 0 Å². The molecule has 0 aliphatic rings. The standard InChI is InChI=1S/C11H15NO2/c1-8(2)11(3,10(13)14)9-4-6-12-7-5-9/h4-8H,1-3H3,(H,13,14). The predicted molar refractivity (Wildman–Crippen MR) is 54.1 cm³/mol. The Morgan fingerprint density at radius 3 is 2.29 bits per heavy atom. The molecule has 0 aliphatic carbocycles. The molecule has 1 atom stereocenters. The van der Waals surface area contributed by atoms with E-state index in [-0.39, 0.29) is 5.92 Å². The predicted octanol–water partition coefficient (Wildman–Crippen LogP) is 2.08. The van der Waals surface area contributed by atoms with Crippen LogP contribution in [-0.2, 0) is 10.2 Å². The van der Waals surface area contributed by atoms with E-state index in [1.165, 1.54) is 0 Å². The number of hydrogen-bond acceptors (Lipinski definition) is 2. The van der Waals surface area contributed by atoms with Crippen molar-refractivity contribution in [1.29, 1.82) is 0 Å². The van der Waals surface area contributed by atoms with Gasteiger partial charge in [0.15, 0.2) is 0 Å². The van der Waals surface area contributed by atoms with Gasteiger partial charge >= 0.3 is 5.97 Å². The molecule has 76 valence electrons. The van der Waals surface area contributed by atoms with Crippen molar-refractivity contribution in [2.75, 3.05) is 0 Å². The number of carboxylic acids is 1. The van der Waals surface area contributed by atoms with Crippen molar-refractivity contribution >= 4 is 5.97 Å². The summed E-state index contributed by atoms with van der Waals surface area (Å²) in [6, 6.07) is 3.52. The zero-order valence-corrected chi connectivity index (χ0v) is 8.69. The van der Waals surface area contributed by atoms with Crippen LogP contribution >= 0.6 is 0 Å². The first-order valence-electron chi connectivity index (χ1n) is 4.63. The van der Waals surface area contributed by atoms with Gasteiger partial charge in [-0.2, -0.15) is 0 Å². The highest BCUT2D eigenvalue weighted by Gasteiger charge is 2.38. The Bertz CT molecular complexity index is 321. The van der Waals surface area contributed by atoms with Gasteiger partial charge in [-0.1, -0.05) is 13.8 Å². The number of nitrogens with zero attached hydrogens (tertiary/aromatic N) is 1. The highest BCUT2D eigenvalue weighted by Crippen LogP contribution is 2.31. The maximum atomic E-state index is 11.2. The molecule has 1 aromatic heterocycles. The summed E-state index contributed by atoms with van der Waals surface area (Å²) in [6.45, 7) is 5.57. The molecule has 1 unspecified atom stereocenters. The SMILES string of the molecule is CC(C)C(C)(C(=O)O)c1ccncc1. The fourth-order valence-electron chi connectivity index (χ4n) is 1.40. The molecule has 1 heterocycles. The molecule has 3 nitrogen and oxygen atoms in total. The smallest absolute Gasteiger partial charge is 0.314 e. The van der Waals surface area contributed by atoms with E-state index >= 15 is 0 Å². The molecule has 0 aliphatic heterocycles. The average molecular weight is 193 g/mol. The molecule has 0 fully saturated rings. The minimum Gasteiger partial charge on any atom is -0.481 e. The van der Waals surface area contributed by atoms with E-state index in [4.69, 9.17) is 0 Å². The van der Waals surface area contributed by atoms with Crippen LogP contribution in [0.15, 0.2) is 24.5 Å². The second-order valence-electron chi connectivity index (χ2n) is 3.90. The van der Waals surface area contributed by atoms with Crippen molar-refractivity contribution < 1.29 is 9.90 Å². The first-order chi connectivity index (χ1) is 6.49. The Hall–Kier alpha value is -1.38. The van der Waals surface area contributed by atoms with Gasteiger partial charge in [0.25, 0.3) is 0 Å². The van der Waals surface area contributed by atoms with Crippen LogP contribution in [-0.4, -0.2) is 16.1 Å². The average Bonchev–Trinajstić information content (AvgIpc) is 2.17. The maximum Gasteiger partial charge on any atom is 0.314 e. The molecule has 0 aromatic carbocycles. The van der Waals surface area contributed by atoms with Crippen LogP contribution < -0.4 is 0 Å². The fraction of sp³-hybridized carbons (Fsp3) is 0.455. The zero-order valence-electron chi connectivity index (χ0n) is 8.69. The van der Waals surface area contributed by atoms with Gasteiger partial charge in [-0.05, 0) is 30.5 Å². The third-order valence-corrected chi connectivity index (χ3v) is 2.88. The quantitative estimate of drug-likeness (QED) is 0.799. The van der Waals surface area contributed by atoms with Crippen LogP contribution in [0.1, 0.15) is 26.3 Å². The first-order valence-corrected chi connectivity index (χ1v) is 4.63. The van der Waals surface area contributed by atoms with Gasteiger partial charge in [0.2, 0.25) is 0 Å². The molecule has 0 spiro atoms. The van der Waals surface area contributed by atoms with Crippen LogP contribution in [0.4, 0.5) is 0 Å². The van der Waals surface area contributed by atoms with Crippen molar-refractivity contribution in [2.45, 2.75) is 26.2 Å². The van der Waals surface area contributed by atoms with Gasteiger partial charge in [-0.15, -0.1) is 0 Å². The summed E-state index contributed by atoms with van der Waals surface area (Å²) < 4.78 is 0. The second-order valence-corrected chi connectivity index (χ2v) is 3.90. The summed E-state index contributed by atoms with van der Waals surface area (Å²) >= 11 is 0. The Morgan fingerprint density at radius 2 is 1.93 bits per heavy atom. The maximum absolute atomic E-state index is 11.2. The monoisotopic (exact) mass is 193 g/mol. The van der Waals surface area contributed by atoms with E-state index in [1.54, 1.807) is 31.5 Å². The molecule has 0 bridgehead atoms. The number of aliphatic carboxylic acids is 1. The molecule has 0 saturated heterocycles. The minimum atomic E-state index is -0.830. The van der Waals surface area contributed by atoms with E-state index in [2.05, 4.69) is 4.98 Å². The summed E-state index contributed by atoms with van der Waals surface area (Å²) in [5.41, 5.74) is -0.0295. The molecular formula is C11H15NO2. The number of hydrogen-bond donors (Lipinski definition) is 1. The largest absolute Gasteiger partial charge is 0.481 e. The molecule has 1 N–H and O–H groups in total. The minimum absolute atomic E-state index is 0.0439. The zero-order chi connectivity index (χ0) is 10.8. The lowest BCUT2D eigenvalue weighted by Crippen LogP contribution is -2.37. The van der Waals surface area contributed by atoms with Crippen molar-refractivity contribution in [3.05, 3.63) is 30.1 Å². The van der Waals surface area contributed by atoms with Gasteiger partial charge in [-0.3, -0.25) is 9.78 Å². The first kappa shape index (κ1) is 10.7. The number of pyridine rings is 1. The molecule has 0 amide bonds. The molecular weight excluding hydrogens is 178 g/mol. The third kappa shape index (κ3) is 1.62. The lowest BCUT2D eigenvalue weighted by atomic mass is 9.74. The van der Waals surface area contributed by atoms with E-state index < -0.39 is 11.4 Å². The van der Waals surface area contributed by atoms with Crippen LogP contribution in [0.5, 0.6) is 0 Å². The molecule has 0 saturated carbocycles. The van der Waals surface area contributed by atoms with Gasteiger partial charge < -0.3 is 5.11 Å². The van der Waals surface area contributed by atoms with Crippen molar-refractivity contribution in [3.63, 3.8) is 0 Å². The molecule has 14 heavy (non-hydrogen) atoms. The summed E-state index contributed by atoms with van der Waals surface area (Å²) in [6.07, 6.45) is 3.25. The highest BCUT2D eigenvalue weighted by molar-refractivity contribution is 5.81. The number of aromatic nitrogens is 1. The second kappa shape index (κ2) is 3.78. The highest BCUT2D eigenvalue weighted by atomic mass is 16.4. The summed E-state index contributed by atoms with van der Waals surface area (Å²) in [4.78, 5) is 15.1. The number of rotatable bonds is 3. The lowest BCUT2D eigenvalue weighted by molar-refractivity contribution is -0.145. The molecule has 1 aromatic rings. The van der Waals surface area contributed by atoms with Gasteiger partial charge in [0.05, 0.1) is 5.41 Å². The fourth-order valence-corrected chi connectivity index (χ4v) is 1.40. The van der Waals surface area contributed by atoms with Gasteiger partial charge in [0, 0.05) is 12.4 Å². The van der Waals surface area contributed by atoms with E-state index in [0.29, 0.717) is 0 Å². The Morgan fingerprint density at radius 1 is 1.43 bits per heavy atom. The van der Waals surface area contributed by atoms with E-state index in [0.717, 1.165) is 5.56 Å². The normalized spacial score (nSPS) is 15.1. The summed E-state index contributed by atoms with van der Waals surface area (Å²) in [7, 11) is 0. The van der Waals surface area contributed by atoms with Crippen LogP contribution in [0, 0.1) is 5.92 Å². The van der Waals surface area contributed by atoms with Crippen molar-refractivity contribution in [2.24, 2.45) is 5.92 Å². The van der Waals surface area contributed by atoms with Gasteiger partial charge in [0.1, 0.15) is 0 Å². The van der Waals surface area contributed by atoms with E-state index in [9.17, 15) is 9.90 Å². The Kier molecular flexibility index (Phi) is 2.89. The van der Waals surface area contributed by atoms with Crippen molar-refractivity contribution in [3.8, 4) is 0 Å². The molecule has 1 rings (SSSR count). The summed E-state index contributed by atoms with van der Waals surface area (Å²) in [5.74, 6) is -0.749. The van der Waals surface area contributed by atoms with E-state index in [1.807, 2.05) is 13.8 Å². The molecule has 0 radical (unpaired) electrons. The Balaban J connectivity index is 3.20. The number of carboxylic acid groups (broad SMARTS) is 1. The third-order valence-electron chi connectivity index (χ3n) is 2.88. The summed E-state index contributed by atoms with van der Waals surface area (Å²) in [5, 5.41) is 9.24. The number of carbonyl (C=O) groups is 1.